The zero-order valence-corrected chi connectivity index (χ0v) is 29.5. The van der Waals surface area contributed by atoms with E-state index in [2.05, 4.69) is 34.7 Å². The van der Waals surface area contributed by atoms with Gasteiger partial charge in [-0.2, -0.15) is 0 Å². The molecule has 2 aromatic rings. The maximum atomic E-state index is 15.4. The molecular weight excluding hydrogens is 659 g/mol. The highest BCUT2D eigenvalue weighted by atomic mass is 35.5. The third-order valence-corrected chi connectivity index (χ3v) is 11.1. The van der Waals surface area contributed by atoms with Gasteiger partial charge < -0.3 is 25.4 Å². The standard InChI is InChI=1S/C35H48ClFN4O6S/c1-21(2)31-18-23(15-16-47-31)32(22-9-11-24(36)12-10-22)33(40-35(43)46-3)34(42)39-28-8-4-7-27(37)26(28)13-14-29-30-20-41(30)25(19-38-29)6-5-17-48(44)45/h4,7-12,21,23,25,29-33,38,48H,5-6,13-20H2,1-3H3,(H,39,42)(H,40,43)/t23?,25?,29?,30?,31?,32-,33-,41?/m0/s1. The van der Waals surface area contributed by atoms with Gasteiger partial charge in [0.05, 0.1) is 13.2 Å². The SMILES string of the molecule is COC(=O)N[C@H](C(=O)Nc1cccc(F)c1CCC1NCC(CCC[SH](=O)=O)N2CC12)[C@@H](c1ccc(Cl)cc1)C1CCOC(C(C)C)C1. The minimum absolute atomic E-state index is 0.00194. The summed E-state index contributed by atoms with van der Waals surface area (Å²) in [6.45, 7) is 6.44. The molecular formula is C35H48ClFN4O6S. The number of alkyl carbamates (subject to hydrolysis) is 1. The quantitative estimate of drug-likeness (QED) is 0.164. The van der Waals surface area contributed by atoms with Gasteiger partial charge in [-0.25, -0.2) is 17.6 Å². The summed E-state index contributed by atoms with van der Waals surface area (Å²) in [6.07, 6.45) is 3.21. The lowest BCUT2D eigenvalue weighted by Crippen LogP contribution is -2.50. The lowest BCUT2D eigenvalue weighted by Gasteiger charge is -2.39. The molecule has 0 spiro atoms. The molecule has 10 nitrogen and oxygen atoms in total. The van der Waals surface area contributed by atoms with Crippen LogP contribution in [0.15, 0.2) is 42.5 Å². The van der Waals surface area contributed by atoms with Gasteiger partial charge in [-0.05, 0) is 80.2 Å². The number of nitrogens with one attached hydrogen (secondary N) is 3. The van der Waals surface area contributed by atoms with E-state index >= 15 is 4.39 Å². The Bertz CT molecular complexity index is 1490. The van der Waals surface area contributed by atoms with E-state index in [1.807, 2.05) is 12.1 Å². The fourth-order valence-electron chi connectivity index (χ4n) is 7.52. The van der Waals surface area contributed by atoms with E-state index in [0.717, 1.165) is 25.1 Å². The molecule has 8 atom stereocenters. The Morgan fingerprint density at radius 1 is 1.17 bits per heavy atom. The van der Waals surface area contributed by atoms with Gasteiger partial charge >= 0.3 is 6.09 Å². The van der Waals surface area contributed by atoms with E-state index in [1.165, 1.54) is 13.2 Å². The van der Waals surface area contributed by atoms with Crippen molar-refractivity contribution in [3.05, 3.63) is 64.4 Å². The van der Waals surface area contributed by atoms with Crippen LogP contribution in [0.25, 0.3) is 0 Å². The van der Waals surface area contributed by atoms with E-state index in [4.69, 9.17) is 21.1 Å². The number of fused-ring (bicyclic) bond motifs is 1. The van der Waals surface area contributed by atoms with Crippen LogP contribution >= 0.6 is 11.6 Å². The van der Waals surface area contributed by atoms with Crippen molar-refractivity contribution in [1.82, 2.24) is 15.5 Å². The Hall–Kier alpha value is -2.77. The van der Waals surface area contributed by atoms with Crippen LogP contribution in [0.3, 0.4) is 0 Å². The van der Waals surface area contributed by atoms with Crippen molar-refractivity contribution in [3.8, 4) is 0 Å². The third kappa shape index (κ3) is 9.26. The number of halogens is 2. The number of benzene rings is 2. The van der Waals surface area contributed by atoms with Crippen molar-refractivity contribution in [3.63, 3.8) is 0 Å². The van der Waals surface area contributed by atoms with Crippen LogP contribution in [0.5, 0.6) is 0 Å². The van der Waals surface area contributed by atoms with Gasteiger partial charge in [-0.15, -0.1) is 0 Å². The molecule has 2 aromatic carbocycles. The van der Waals surface area contributed by atoms with E-state index in [0.29, 0.717) is 67.1 Å². The zero-order valence-electron chi connectivity index (χ0n) is 27.8. The molecule has 5 rings (SSSR count). The Labute approximate surface area is 289 Å². The molecule has 3 aliphatic heterocycles. The monoisotopic (exact) mass is 706 g/mol. The molecule has 3 heterocycles. The number of thiol groups is 1. The summed E-state index contributed by atoms with van der Waals surface area (Å²) in [4.78, 5) is 29.4. The topological polar surface area (TPSA) is 126 Å². The molecule has 0 aromatic heterocycles. The van der Waals surface area contributed by atoms with Crippen LogP contribution in [-0.2, 0) is 31.4 Å². The number of carbonyl (C=O) groups is 2. The predicted molar refractivity (Wildman–Crippen MR) is 185 cm³/mol. The summed E-state index contributed by atoms with van der Waals surface area (Å²) in [7, 11) is -1.10. The number of ether oxygens (including phenoxy) is 2. The average Bonchev–Trinajstić information content (AvgIpc) is 3.87. The van der Waals surface area contributed by atoms with Gasteiger partial charge in [0, 0.05) is 65.8 Å². The fraction of sp³-hybridized carbons (Fsp3) is 0.600. The summed E-state index contributed by atoms with van der Waals surface area (Å²) >= 11 is 6.24. The molecule has 13 heteroatoms. The van der Waals surface area contributed by atoms with Crippen molar-refractivity contribution in [2.75, 3.05) is 37.9 Å². The first kappa shape index (κ1) is 36.5. The number of anilines is 1. The second-order valence-electron chi connectivity index (χ2n) is 13.6. The van der Waals surface area contributed by atoms with Crippen molar-refractivity contribution < 1.29 is 31.9 Å². The van der Waals surface area contributed by atoms with Crippen molar-refractivity contribution in [2.24, 2.45) is 11.8 Å². The molecule has 0 radical (unpaired) electrons. The van der Waals surface area contributed by atoms with Crippen LogP contribution in [-0.4, -0.2) is 88.1 Å². The van der Waals surface area contributed by atoms with Gasteiger partial charge in [0.15, 0.2) is 0 Å². The minimum Gasteiger partial charge on any atom is -0.453 e. The summed E-state index contributed by atoms with van der Waals surface area (Å²) in [5, 5.41) is 9.94. The number of methoxy groups -OCH3 is 1. The molecule has 3 fully saturated rings. The molecule has 3 N–H and O–H groups in total. The van der Waals surface area contributed by atoms with Crippen molar-refractivity contribution in [1.29, 1.82) is 0 Å². The predicted octanol–water partition coefficient (Wildman–Crippen LogP) is 4.73. The number of amides is 2. The summed E-state index contributed by atoms with van der Waals surface area (Å²) < 4.78 is 48.4. The summed E-state index contributed by atoms with van der Waals surface area (Å²) in [6, 6.07) is 11.8. The maximum absolute atomic E-state index is 15.4. The smallest absolute Gasteiger partial charge is 0.407 e. The molecule has 2 amide bonds. The molecule has 3 aliphatic rings. The molecule has 0 aliphatic carbocycles. The minimum atomic E-state index is -2.36. The van der Waals surface area contributed by atoms with E-state index < -0.39 is 40.5 Å². The van der Waals surface area contributed by atoms with Crippen molar-refractivity contribution in [2.45, 2.75) is 88.6 Å². The van der Waals surface area contributed by atoms with E-state index in [-0.39, 0.29) is 29.7 Å². The van der Waals surface area contributed by atoms with Gasteiger partial charge in [0.25, 0.3) is 0 Å². The first-order valence-corrected chi connectivity index (χ1v) is 18.7. The molecule has 0 bridgehead atoms. The summed E-state index contributed by atoms with van der Waals surface area (Å²) in [5.41, 5.74) is 1.63. The molecule has 48 heavy (non-hydrogen) atoms. The Morgan fingerprint density at radius 3 is 2.65 bits per heavy atom. The summed E-state index contributed by atoms with van der Waals surface area (Å²) in [5.74, 6) is -0.823. The number of hydrogen-bond donors (Lipinski definition) is 4. The highest BCUT2D eigenvalue weighted by Gasteiger charge is 2.47. The van der Waals surface area contributed by atoms with Gasteiger partial charge in [-0.3, -0.25) is 9.69 Å². The molecule has 0 saturated carbocycles. The largest absolute Gasteiger partial charge is 0.453 e. The van der Waals surface area contributed by atoms with Gasteiger partial charge in [0.1, 0.15) is 22.6 Å². The number of nitrogens with zero attached hydrogens (tertiary/aromatic N) is 1. The number of rotatable bonds is 14. The molecule has 264 valence electrons. The van der Waals surface area contributed by atoms with E-state index in [9.17, 15) is 18.0 Å². The second kappa shape index (κ2) is 16.8. The maximum Gasteiger partial charge on any atom is 0.407 e. The molecule has 6 unspecified atom stereocenters. The van der Waals surface area contributed by atoms with Crippen molar-refractivity contribution >= 4 is 40.0 Å². The van der Waals surface area contributed by atoms with Crippen LogP contribution in [0, 0.1) is 17.7 Å². The fourth-order valence-corrected chi connectivity index (χ4v) is 8.09. The van der Waals surface area contributed by atoms with Crippen LogP contribution in [0.1, 0.15) is 63.0 Å². The number of piperazine rings is 1. The molecule has 3 saturated heterocycles. The van der Waals surface area contributed by atoms with E-state index in [1.54, 1.807) is 24.3 Å². The van der Waals surface area contributed by atoms with Crippen LogP contribution in [0.2, 0.25) is 5.02 Å². The third-order valence-electron chi connectivity index (χ3n) is 10.2. The Balaban J connectivity index is 1.33. The Kier molecular flexibility index (Phi) is 12.7. The lowest BCUT2D eigenvalue weighted by atomic mass is 9.74. The number of carbonyl (C=O) groups excluding carboxylic acids is 2. The second-order valence-corrected chi connectivity index (χ2v) is 15.1. The lowest BCUT2D eigenvalue weighted by molar-refractivity contribution is -0.119. The highest BCUT2D eigenvalue weighted by molar-refractivity contribution is 7.72. The highest BCUT2D eigenvalue weighted by Crippen LogP contribution is 2.39. The average molecular weight is 707 g/mol. The van der Waals surface area contributed by atoms with Gasteiger partial charge in [-0.1, -0.05) is 43.6 Å². The van der Waals surface area contributed by atoms with Gasteiger partial charge in [0.2, 0.25) is 5.91 Å². The Morgan fingerprint density at radius 2 is 1.94 bits per heavy atom. The number of hydrogen-bond acceptors (Lipinski definition) is 8. The van der Waals surface area contributed by atoms with Crippen LogP contribution < -0.4 is 16.0 Å². The first-order valence-electron chi connectivity index (χ1n) is 17.0. The first-order chi connectivity index (χ1) is 23.0. The zero-order chi connectivity index (χ0) is 34.4. The van der Waals surface area contributed by atoms with Crippen LogP contribution in [0.4, 0.5) is 14.9 Å². The normalized spacial score (nSPS) is 26.4.